The van der Waals surface area contributed by atoms with E-state index in [0.717, 1.165) is 28.7 Å². The molecule has 3 aromatic carbocycles. The summed E-state index contributed by atoms with van der Waals surface area (Å²) < 4.78 is 0. The van der Waals surface area contributed by atoms with Crippen LogP contribution in [0, 0.1) is 6.92 Å². The number of nitrogens with one attached hydrogen (secondary N) is 1. The maximum Gasteiger partial charge on any atom is 0.0936 e. The highest BCUT2D eigenvalue weighted by Crippen LogP contribution is 2.28. The molecule has 1 unspecified atom stereocenters. The molecule has 0 aliphatic heterocycles. The lowest BCUT2D eigenvalue weighted by Crippen LogP contribution is -2.14. The zero-order valence-corrected chi connectivity index (χ0v) is 14.9. The van der Waals surface area contributed by atoms with E-state index in [2.05, 4.69) is 96.3 Å². The molecule has 1 N–H and O–H groups in total. The van der Waals surface area contributed by atoms with Gasteiger partial charge in [0.25, 0.3) is 0 Å². The molecule has 0 bridgehead atoms. The Bertz CT molecular complexity index is 994. The van der Waals surface area contributed by atoms with Gasteiger partial charge in [0.15, 0.2) is 0 Å². The lowest BCUT2D eigenvalue weighted by molar-refractivity contribution is 0.776. The van der Waals surface area contributed by atoms with Crippen LogP contribution in [0.15, 0.2) is 91.0 Å². The van der Waals surface area contributed by atoms with Crippen LogP contribution in [-0.4, -0.2) is 4.98 Å². The topological polar surface area (TPSA) is 24.9 Å². The molecule has 4 rings (SSSR count). The Morgan fingerprint density at radius 2 is 1.50 bits per heavy atom. The first-order valence-corrected chi connectivity index (χ1v) is 9.01. The quantitative estimate of drug-likeness (QED) is 0.487. The summed E-state index contributed by atoms with van der Waals surface area (Å²) in [6.07, 6.45) is 0.924. The number of aromatic nitrogens is 1. The zero-order valence-electron chi connectivity index (χ0n) is 14.9. The Kier molecular flexibility index (Phi) is 4.65. The first-order valence-electron chi connectivity index (χ1n) is 9.01. The number of para-hydroxylation sites is 1. The van der Waals surface area contributed by atoms with Gasteiger partial charge in [-0.3, -0.25) is 4.98 Å². The summed E-state index contributed by atoms with van der Waals surface area (Å²) >= 11 is 0. The van der Waals surface area contributed by atoms with Gasteiger partial charge < -0.3 is 5.32 Å². The molecule has 0 saturated carbocycles. The van der Waals surface area contributed by atoms with E-state index in [-0.39, 0.29) is 6.04 Å². The molecular weight excluding hydrogens is 316 g/mol. The summed E-state index contributed by atoms with van der Waals surface area (Å²) in [6, 6.07) is 32.0. The molecule has 1 aromatic heterocycles. The standard InChI is InChI=1S/C24H22N2/c1-18-15-16-21-13-8-14-22(24(21)25-18)26-23(20-11-6-3-7-12-20)17-19-9-4-2-5-10-19/h2-16,23,26H,17H2,1H3. The van der Waals surface area contributed by atoms with E-state index in [9.17, 15) is 0 Å². The summed E-state index contributed by atoms with van der Waals surface area (Å²) in [5.74, 6) is 0. The summed E-state index contributed by atoms with van der Waals surface area (Å²) in [7, 11) is 0. The van der Waals surface area contributed by atoms with E-state index >= 15 is 0 Å². The minimum atomic E-state index is 0.187. The van der Waals surface area contributed by atoms with Crippen LogP contribution >= 0.6 is 0 Å². The highest BCUT2D eigenvalue weighted by atomic mass is 14.9. The van der Waals surface area contributed by atoms with Crippen molar-refractivity contribution in [3.63, 3.8) is 0 Å². The number of hydrogen-bond donors (Lipinski definition) is 1. The summed E-state index contributed by atoms with van der Waals surface area (Å²) in [5.41, 5.74) is 5.74. The number of anilines is 1. The molecule has 128 valence electrons. The number of pyridine rings is 1. The predicted octanol–water partition coefficient (Wildman–Crippen LogP) is 5.94. The molecule has 0 radical (unpaired) electrons. The van der Waals surface area contributed by atoms with Crippen LogP contribution in [0.2, 0.25) is 0 Å². The van der Waals surface area contributed by atoms with E-state index in [4.69, 9.17) is 4.98 Å². The van der Waals surface area contributed by atoms with Crippen LogP contribution < -0.4 is 5.32 Å². The maximum atomic E-state index is 4.77. The van der Waals surface area contributed by atoms with Crippen molar-refractivity contribution in [2.45, 2.75) is 19.4 Å². The molecule has 2 nitrogen and oxygen atoms in total. The third kappa shape index (κ3) is 3.60. The first kappa shape index (κ1) is 16.3. The van der Waals surface area contributed by atoms with Crippen molar-refractivity contribution in [1.82, 2.24) is 4.98 Å². The molecule has 26 heavy (non-hydrogen) atoms. The highest BCUT2D eigenvalue weighted by Gasteiger charge is 2.14. The van der Waals surface area contributed by atoms with Gasteiger partial charge in [-0.2, -0.15) is 0 Å². The van der Waals surface area contributed by atoms with E-state index in [1.54, 1.807) is 0 Å². The van der Waals surface area contributed by atoms with Crippen molar-refractivity contribution >= 4 is 16.6 Å². The van der Waals surface area contributed by atoms with Crippen molar-refractivity contribution in [3.05, 3.63) is 108 Å². The minimum Gasteiger partial charge on any atom is -0.376 e. The summed E-state index contributed by atoms with van der Waals surface area (Å²) in [6.45, 7) is 2.04. The molecule has 2 heteroatoms. The second kappa shape index (κ2) is 7.40. The molecule has 0 spiro atoms. The largest absolute Gasteiger partial charge is 0.376 e. The number of rotatable bonds is 5. The lowest BCUT2D eigenvalue weighted by Gasteiger charge is -2.21. The van der Waals surface area contributed by atoms with Gasteiger partial charge in [-0.1, -0.05) is 78.9 Å². The van der Waals surface area contributed by atoms with Gasteiger partial charge >= 0.3 is 0 Å². The average molecular weight is 338 g/mol. The van der Waals surface area contributed by atoms with E-state index in [1.807, 2.05) is 6.92 Å². The second-order valence-corrected chi connectivity index (χ2v) is 6.63. The lowest BCUT2D eigenvalue weighted by atomic mass is 9.98. The van der Waals surface area contributed by atoms with Gasteiger partial charge in [0, 0.05) is 11.1 Å². The molecule has 0 aliphatic carbocycles. The Morgan fingerprint density at radius 3 is 2.27 bits per heavy atom. The van der Waals surface area contributed by atoms with E-state index in [1.165, 1.54) is 11.1 Å². The van der Waals surface area contributed by atoms with Gasteiger partial charge in [0.2, 0.25) is 0 Å². The van der Waals surface area contributed by atoms with Crippen LogP contribution in [0.3, 0.4) is 0 Å². The fraction of sp³-hybridized carbons (Fsp3) is 0.125. The van der Waals surface area contributed by atoms with E-state index in [0.29, 0.717) is 0 Å². The third-order valence-corrected chi connectivity index (χ3v) is 4.67. The van der Waals surface area contributed by atoms with Gasteiger partial charge in [-0.15, -0.1) is 0 Å². The molecule has 0 fully saturated rings. The number of hydrogen-bond acceptors (Lipinski definition) is 2. The molecular formula is C24H22N2. The maximum absolute atomic E-state index is 4.77. The van der Waals surface area contributed by atoms with Crippen LogP contribution in [0.5, 0.6) is 0 Å². The molecule has 0 aliphatic rings. The van der Waals surface area contributed by atoms with Gasteiger partial charge in [-0.05, 0) is 36.6 Å². The molecule has 1 heterocycles. The molecule has 4 aromatic rings. The predicted molar refractivity (Wildman–Crippen MR) is 109 cm³/mol. The SMILES string of the molecule is Cc1ccc2cccc(NC(Cc3ccccc3)c3ccccc3)c2n1. The van der Waals surface area contributed by atoms with Crippen molar-refractivity contribution in [2.24, 2.45) is 0 Å². The molecule has 0 saturated heterocycles. The van der Waals surface area contributed by atoms with Crippen LogP contribution in [0.1, 0.15) is 22.9 Å². The number of nitrogens with zero attached hydrogens (tertiary/aromatic N) is 1. The fourth-order valence-corrected chi connectivity index (χ4v) is 3.34. The average Bonchev–Trinajstić information content (AvgIpc) is 2.69. The molecule has 0 amide bonds. The van der Waals surface area contributed by atoms with Crippen molar-refractivity contribution in [1.29, 1.82) is 0 Å². The monoisotopic (exact) mass is 338 g/mol. The van der Waals surface area contributed by atoms with Crippen LogP contribution in [0.25, 0.3) is 10.9 Å². The Morgan fingerprint density at radius 1 is 0.769 bits per heavy atom. The van der Waals surface area contributed by atoms with Gasteiger partial charge in [0.1, 0.15) is 0 Å². The Labute approximate surface area is 154 Å². The third-order valence-electron chi connectivity index (χ3n) is 4.67. The van der Waals surface area contributed by atoms with Gasteiger partial charge in [0.05, 0.1) is 17.2 Å². The van der Waals surface area contributed by atoms with Crippen molar-refractivity contribution in [2.75, 3.05) is 5.32 Å². The van der Waals surface area contributed by atoms with Crippen LogP contribution in [-0.2, 0) is 6.42 Å². The van der Waals surface area contributed by atoms with Gasteiger partial charge in [-0.25, -0.2) is 0 Å². The van der Waals surface area contributed by atoms with E-state index < -0.39 is 0 Å². The zero-order chi connectivity index (χ0) is 17.8. The number of aryl methyl sites for hydroxylation is 1. The second-order valence-electron chi connectivity index (χ2n) is 6.63. The normalized spacial score (nSPS) is 12.0. The number of fused-ring (bicyclic) bond motifs is 1. The molecule has 1 atom stereocenters. The number of benzene rings is 3. The summed E-state index contributed by atoms with van der Waals surface area (Å²) in [4.78, 5) is 4.77. The smallest absolute Gasteiger partial charge is 0.0936 e. The fourth-order valence-electron chi connectivity index (χ4n) is 3.34. The minimum absolute atomic E-state index is 0.187. The van der Waals surface area contributed by atoms with Crippen molar-refractivity contribution in [3.8, 4) is 0 Å². The first-order chi connectivity index (χ1) is 12.8. The van der Waals surface area contributed by atoms with Crippen LogP contribution in [0.4, 0.5) is 5.69 Å². The Balaban J connectivity index is 1.72. The summed E-state index contributed by atoms with van der Waals surface area (Å²) in [5, 5.41) is 4.91. The van der Waals surface area contributed by atoms with Crippen molar-refractivity contribution < 1.29 is 0 Å². The highest BCUT2D eigenvalue weighted by molar-refractivity contribution is 5.90. The Hall–Kier alpha value is -3.13.